The maximum atomic E-state index is 12.4. The summed E-state index contributed by atoms with van der Waals surface area (Å²) < 4.78 is 11.9. The molecule has 5 nitrogen and oxygen atoms in total. The van der Waals surface area contributed by atoms with E-state index >= 15 is 0 Å². The molecule has 0 radical (unpaired) electrons. The first-order chi connectivity index (χ1) is 16.1. The molecule has 5 heteroatoms. The molecule has 1 saturated carbocycles. The van der Waals surface area contributed by atoms with Gasteiger partial charge in [0.1, 0.15) is 11.3 Å². The maximum Gasteiger partial charge on any atom is 0.336 e. The van der Waals surface area contributed by atoms with Gasteiger partial charge in [-0.2, -0.15) is 0 Å². The van der Waals surface area contributed by atoms with Crippen LogP contribution in [0.4, 0.5) is 0 Å². The highest BCUT2D eigenvalue weighted by molar-refractivity contribution is 5.96. The van der Waals surface area contributed by atoms with Crippen molar-refractivity contribution in [3.05, 3.63) is 63.3 Å². The number of furan rings is 1. The van der Waals surface area contributed by atoms with E-state index in [1.807, 2.05) is 19.2 Å². The molecular weight excluding hydrogens is 412 g/mol. The van der Waals surface area contributed by atoms with Crippen LogP contribution in [0.25, 0.3) is 33.3 Å². The number of nitrogens with zero attached hydrogens (tertiary/aromatic N) is 2. The van der Waals surface area contributed by atoms with Crippen LogP contribution in [0, 0.1) is 6.92 Å². The van der Waals surface area contributed by atoms with Crippen LogP contribution in [0.15, 0.2) is 44.1 Å². The van der Waals surface area contributed by atoms with Gasteiger partial charge >= 0.3 is 5.63 Å². The van der Waals surface area contributed by atoms with Crippen molar-refractivity contribution < 1.29 is 8.83 Å². The number of hydrogen-bond acceptors (Lipinski definition) is 5. The number of benzene rings is 1. The van der Waals surface area contributed by atoms with E-state index in [-0.39, 0.29) is 5.63 Å². The Balaban J connectivity index is 1.45. The van der Waals surface area contributed by atoms with Gasteiger partial charge in [0.25, 0.3) is 0 Å². The lowest BCUT2D eigenvalue weighted by molar-refractivity contribution is 0.185. The summed E-state index contributed by atoms with van der Waals surface area (Å²) in [5.74, 6) is 0.707. The van der Waals surface area contributed by atoms with Crippen LogP contribution in [0.5, 0.6) is 0 Å². The predicted octanol–water partition coefficient (Wildman–Crippen LogP) is 6.16. The van der Waals surface area contributed by atoms with E-state index in [4.69, 9.17) is 8.83 Å². The van der Waals surface area contributed by atoms with Gasteiger partial charge in [-0.3, -0.25) is 9.88 Å². The molecular formula is C28H30N2O3. The molecule has 2 aliphatic rings. The fourth-order valence-corrected chi connectivity index (χ4v) is 5.81. The molecule has 3 aromatic heterocycles. The van der Waals surface area contributed by atoms with Crippen molar-refractivity contribution in [3.63, 3.8) is 0 Å². The second-order valence-corrected chi connectivity index (χ2v) is 9.88. The normalized spacial score (nSPS) is 16.8. The molecule has 170 valence electrons. The number of hydrogen-bond donors (Lipinski definition) is 0. The predicted molar refractivity (Wildman–Crippen MR) is 131 cm³/mol. The molecule has 0 unspecified atom stereocenters. The molecule has 0 saturated heterocycles. The Hall–Kier alpha value is -2.92. The minimum absolute atomic E-state index is 0.344. The quantitative estimate of drug-likeness (QED) is 0.354. The summed E-state index contributed by atoms with van der Waals surface area (Å²) in [6.45, 7) is 2.83. The minimum atomic E-state index is -0.344. The van der Waals surface area contributed by atoms with E-state index in [0.29, 0.717) is 17.4 Å². The highest BCUT2D eigenvalue weighted by Crippen LogP contribution is 2.37. The Labute approximate surface area is 193 Å². The van der Waals surface area contributed by atoms with E-state index in [1.54, 1.807) is 6.07 Å². The number of rotatable bonds is 4. The Morgan fingerprint density at radius 1 is 0.970 bits per heavy atom. The van der Waals surface area contributed by atoms with Gasteiger partial charge in [-0.25, -0.2) is 4.79 Å². The first-order valence-electron chi connectivity index (χ1n) is 12.2. The summed E-state index contributed by atoms with van der Waals surface area (Å²) in [5, 5.41) is 2.03. The summed E-state index contributed by atoms with van der Waals surface area (Å²) in [6.07, 6.45) is 11.8. The maximum absolute atomic E-state index is 12.4. The second kappa shape index (κ2) is 8.14. The second-order valence-electron chi connectivity index (χ2n) is 9.88. The van der Waals surface area contributed by atoms with Crippen LogP contribution < -0.4 is 5.63 Å². The smallest absolute Gasteiger partial charge is 0.336 e. The van der Waals surface area contributed by atoms with Gasteiger partial charge in [-0.05, 0) is 81.0 Å². The van der Waals surface area contributed by atoms with Gasteiger partial charge in [0.15, 0.2) is 5.58 Å². The summed E-state index contributed by atoms with van der Waals surface area (Å²) >= 11 is 0. The molecule has 4 aromatic rings. The molecule has 0 aliphatic heterocycles. The van der Waals surface area contributed by atoms with E-state index in [1.165, 1.54) is 48.8 Å². The highest BCUT2D eigenvalue weighted by Gasteiger charge is 2.22. The van der Waals surface area contributed by atoms with Crippen molar-refractivity contribution in [3.8, 4) is 11.3 Å². The Bertz CT molecular complexity index is 1410. The van der Waals surface area contributed by atoms with E-state index in [2.05, 4.69) is 29.1 Å². The van der Waals surface area contributed by atoms with Crippen molar-refractivity contribution in [1.82, 2.24) is 9.88 Å². The molecule has 33 heavy (non-hydrogen) atoms. The zero-order valence-corrected chi connectivity index (χ0v) is 19.4. The van der Waals surface area contributed by atoms with Crippen LogP contribution in [0.2, 0.25) is 0 Å². The minimum Gasteiger partial charge on any atom is -0.454 e. The molecule has 6 rings (SSSR count). The monoisotopic (exact) mass is 442 g/mol. The van der Waals surface area contributed by atoms with Gasteiger partial charge in [0.2, 0.25) is 0 Å². The number of fused-ring (bicyclic) bond motifs is 3. The molecule has 0 atom stereocenters. The highest BCUT2D eigenvalue weighted by atomic mass is 16.4. The average molecular weight is 443 g/mol. The van der Waals surface area contributed by atoms with Gasteiger partial charge in [-0.1, -0.05) is 19.3 Å². The lowest BCUT2D eigenvalue weighted by atomic mass is 9.94. The third-order valence-corrected chi connectivity index (χ3v) is 7.66. The van der Waals surface area contributed by atoms with Crippen molar-refractivity contribution in [1.29, 1.82) is 0 Å². The molecule has 3 heterocycles. The number of aromatic nitrogens is 1. The van der Waals surface area contributed by atoms with Crippen LogP contribution >= 0.6 is 0 Å². The standard InChI is InChI=1S/C28H30N2O3/c1-17-28-22(20(15-29-17)16-30(2)21-9-4-3-5-10-21)13-26(33-28)24-14-27(31)32-25-12-19-8-6-7-18(19)11-23(24)25/h11-15,21H,3-10,16H2,1-2H3. The van der Waals surface area contributed by atoms with E-state index < -0.39 is 0 Å². The van der Waals surface area contributed by atoms with Crippen LogP contribution in [-0.4, -0.2) is 23.0 Å². The topological polar surface area (TPSA) is 59.5 Å². The SMILES string of the molecule is Cc1ncc(CN(C)C2CCCCC2)c2cc(-c3cc(=O)oc4cc5c(cc34)CCC5)oc12. The van der Waals surface area contributed by atoms with E-state index in [9.17, 15) is 4.79 Å². The zero-order valence-electron chi connectivity index (χ0n) is 19.4. The van der Waals surface area contributed by atoms with Crippen molar-refractivity contribution in [2.45, 2.75) is 70.9 Å². The van der Waals surface area contributed by atoms with Crippen molar-refractivity contribution in [2.75, 3.05) is 7.05 Å². The molecule has 0 bridgehead atoms. The largest absolute Gasteiger partial charge is 0.454 e. The Morgan fingerprint density at radius 3 is 2.58 bits per heavy atom. The van der Waals surface area contributed by atoms with Gasteiger partial charge in [0.05, 0.1) is 5.69 Å². The fourth-order valence-electron chi connectivity index (χ4n) is 5.81. The third-order valence-electron chi connectivity index (χ3n) is 7.66. The molecule has 1 fully saturated rings. The van der Waals surface area contributed by atoms with Crippen molar-refractivity contribution in [2.24, 2.45) is 0 Å². The summed E-state index contributed by atoms with van der Waals surface area (Å²) in [4.78, 5) is 19.5. The summed E-state index contributed by atoms with van der Waals surface area (Å²) in [6, 6.07) is 8.52. The van der Waals surface area contributed by atoms with Gasteiger partial charge in [0, 0.05) is 41.2 Å². The van der Waals surface area contributed by atoms with Gasteiger partial charge < -0.3 is 8.83 Å². The van der Waals surface area contributed by atoms with Crippen LogP contribution in [0.3, 0.4) is 0 Å². The Kier molecular flexibility index (Phi) is 5.10. The van der Waals surface area contributed by atoms with Crippen molar-refractivity contribution >= 4 is 21.9 Å². The zero-order chi connectivity index (χ0) is 22.5. The third kappa shape index (κ3) is 3.68. The summed E-state index contributed by atoms with van der Waals surface area (Å²) in [7, 11) is 2.22. The molecule has 0 N–H and O–H groups in total. The summed E-state index contributed by atoms with van der Waals surface area (Å²) in [5.41, 5.74) is 6.59. The fraction of sp³-hybridized carbons (Fsp3) is 0.429. The lowest BCUT2D eigenvalue weighted by Gasteiger charge is -2.31. The molecule has 0 amide bonds. The average Bonchev–Trinajstić information content (AvgIpc) is 3.47. The number of pyridine rings is 1. The first-order valence-corrected chi connectivity index (χ1v) is 12.2. The van der Waals surface area contributed by atoms with Gasteiger partial charge in [-0.15, -0.1) is 0 Å². The number of aryl methyl sites for hydroxylation is 3. The van der Waals surface area contributed by atoms with Crippen LogP contribution in [-0.2, 0) is 19.4 Å². The molecule has 1 aromatic carbocycles. The first kappa shape index (κ1) is 20.7. The van der Waals surface area contributed by atoms with E-state index in [0.717, 1.165) is 53.4 Å². The molecule has 2 aliphatic carbocycles. The van der Waals surface area contributed by atoms with Crippen LogP contribution in [0.1, 0.15) is 60.9 Å². The Morgan fingerprint density at radius 2 is 1.76 bits per heavy atom. The molecule has 0 spiro atoms. The lowest BCUT2D eigenvalue weighted by Crippen LogP contribution is -2.32.